The van der Waals surface area contributed by atoms with Gasteiger partial charge >= 0.3 is 0 Å². The molecule has 7 nitrogen and oxygen atoms in total. The van der Waals surface area contributed by atoms with Crippen molar-refractivity contribution in [3.63, 3.8) is 0 Å². The van der Waals surface area contributed by atoms with Crippen LogP contribution in [0.5, 0.6) is 0 Å². The predicted octanol–water partition coefficient (Wildman–Crippen LogP) is 2.88. The number of amides is 1. The highest BCUT2D eigenvalue weighted by molar-refractivity contribution is 5.91. The summed E-state index contributed by atoms with van der Waals surface area (Å²) in [5.74, 6) is -0.230. The van der Waals surface area contributed by atoms with Gasteiger partial charge in [-0.1, -0.05) is 65.8 Å². The van der Waals surface area contributed by atoms with E-state index in [-0.39, 0.29) is 17.6 Å². The molecule has 0 radical (unpaired) electrons. The van der Waals surface area contributed by atoms with Crippen LogP contribution in [-0.2, 0) is 6.54 Å². The van der Waals surface area contributed by atoms with Crippen molar-refractivity contribution >= 4 is 5.91 Å². The Morgan fingerprint density at radius 3 is 2.32 bits per heavy atom. The Labute approximate surface area is 162 Å². The Morgan fingerprint density at radius 1 is 1.04 bits per heavy atom. The second-order valence-corrected chi connectivity index (χ2v) is 6.28. The van der Waals surface area contributed by atoms with Crippen LogP contribution in [0.1, 0.15) is 33.3 Å². The molecule has 2 aromatic carbocycles. The fraction of sp³-hybridized carbons (Fsp3) is 0.143. The van der Waals surface area contributed by atoms with E-state index < -0.39 is 0 Å². The number of nitrogens with one attached hydrogen (secondary N) is 1. The second kappa shape index (κ2) is 8.30. The average molecular weight is 373 g/mol. The van der Waals surface area contributed by atoms with Crippen molar-refractivity contribution in [3.05, 3.63) is 102 Å². The van der Waals surface area contributed by atoms with Crippen molar-refractivity contribution in [3.8, 4) is 0 Å². The molecule has 0 aliphatic carbocycles. The normalized spacial score (nSPS) is 10.9. The van der Waals surface area contributed by atoms with Gasteiger partial charge in [-0.2, -0.15) is 5.10 Å². The lowest BCUT2D eigenvalue weighted by molar-refractivity contribution is 0.0915. The Hall–Kier alpha value is -3.74. The fourth-order valence-electron chi connectivity index (χ4n) is 3.08. The number of carbonyl (C=O) groups is 1. The van der Waals surface area contributed by atoms with Crippen LogP contribution in [-0.4, -0.2) is 32.4 Å². The Morgan fingerprint density at radius 2 is 1.71 bits per heavy atom. The highest BCUT2D eigenvalue weighted by atomic mass is 16.5. The molecule has 4 rings (SSSR count). The van der Waals surface area contributed by atoms with Gasteiger partial charge in [0.25, 0.3) is 5.91 Å². The molecule has 0 spiro atoms. The van der Waals surface area contributed by atoms with Crippen LogP contribution in [0.2, 0.25) is 0 Å². The van der Waals surface area contributed by atoms with Crippen LogP contribution in [0.15, 0.2) is 83.9 Å². The van der Waals surface area contributed by atoms with Gasteiger partial charge in [0.15, 0.2) is 0 Å². The first-order chi connectivity index (χ1) is 13.8. The van der Waals surface area contributed by atoms with Gasteiger partial charge in [-0.15, -0.1) is 0 Å². The van der Waals surface area contributed by atoms with Gasteiger partial charge in [0.05, 0.1) is 18.2 Å². The molecule has 0 aliphatic rings. The first kappa shape index (κ1) is 17.7. The fourth-order valence-corrected chi connectivity index (χ4v) is 3.08. The summed E-state index contributed by atoms with van der Waals surface area (Å²) < 4.78 is 6.99. The lowest BCUT2D eigenvalue weighted by Gasteiger charge is -2.15. The van der Waals surface area contributed by atoms with Crippen LogP contribution in [0.4, 0.5) is 0 Å². The molecule has 1 N–H and O–H groups in total. The summed E-state index contributed by atoms with van der Waals surface area (Å²) in [4.78, 5) is 16.3. The third-order valence-electron chi connectivity index (χ3n) is 4.41. The van der Waals surface area contributed by atoms with Gasteiger partial charge in [-0.05, 0) is 11.1 Å². The summed E-state index contributed by atoms with van der Waals surface area (Å²) in [5.41, 5.74) is 2.86. The van der Waals surface area contributed by atoms with Crippen LogP contribution in [0, 0.1) is 0 Å². The quantitative estimate of drug-likeness (QED) is 0.538. The van der Waals surface area contributed by atoms with E-state index in [1.165, 1.54) is 6.33 Å². The summed E-state index contributed by atoms with van der Waals surface area (Å²) in [6.07, 6.45) is 3.06. The van der Waals surface area contributed by atoms with E-state index in [0.29, 0.717) is 18.8 Å². The molecule has 2 heterocycles. The van der Waals surface area contributed by atoms with E-state index in [1.54, 1.807) is 17.1 Å². The van der Waals surface area contributed by atoms with Crippen LogP contribution < -0.4 is 5.32 Å². The SMILES string of the molecule is O=C(NCCn1cncn1)c1cc(C(c2ccccc2)c2ccccc2)no1. The van der Waals surface area contributed by atoms with Crippen molar-refractivity contribution in [2.45, 2.75) is 12.5 Å². The summed E-state index contributed by atoms with van der Waals surface area (Å²) >= 11 is 0. The monoisotopic (exact) mass is 373 g/mol. The van der Waals surface area contributed by atoms with E-state index in [9.17, 15) is 4.79 Å². The maximum atomic E-state index is 12.4. The van der Waals surface area contributed by atoms with Gasteiger partial charge < -0.3 is 9.84 Å². The molecular formula is C21H19N5O2. The van der Waals surface area contributed by atoms with Gasteiger partial charge in [0.1, 0.15) is 12.7 Å². The number of hydrogen-bond donors (Lipinski definition) is 1. The van der Waals surface area contributed by atoms with E-state index in [0.717, 1.165) is 11.1 Å². The molecule has 0 aliphatic heterocycles. The highest BCUT2D eigenvalue weighted by Gasteiger charge is 2.22. The van der Waals surface area contributed by atoms with Crippen molar-refractivity contribution in [2.24, 2.45) is 0 Å². The number of aromatic nitrogens is 4. The van der Waals surface area contributed by atoms with Gasteiger partial charge in [-0.3, -0.25) is 9.48 Å². The molecule has 0 unspecified atom stereocenters. The molecule has 0 fully saturated rings. The van der Waals surface area contributed by atoms with Gasteiger partial charge in [0, 0.05) is 12.6 Å². The molecule has 140 valence electrons. The smallest absolute Gasteiger partial charge is 0.289 e. The molecule has 0 saturated heterocycles. The molecule has 4 aromatic rings. The van der Waals surface area contributed by atoms with Crippen molar-refractivity contribution in [1.29, 1.82) is 0 Å². The van der Waals surface area contributed by atoms with Crippen LogP contribution in [0.25, 0.3) is 0 Å². The van der Waals surface area contributed by atoms with Crippen LogP contribution in [0.3, 0.4) is 0 Å². The van der Waals surface area contributed by atoms with Crippen molar-refractivity contribution < 1.29 is 9.32 Å². The first-order valence-corrected chi connectivity index (χ1v) is 8.98. The maximum Gasteiger partial charge on any atom is 0.289 e. The van der Waals surface area contributed by atoms with Gasteiger partial charge in [-0.25, -0.2) is 4.98 Å². The minimum atomic E-state index is -0.307. The largest absolute Gasteiger partial charge is 0.351 e. The summed E-state index contributed by atoms with van der Waals surface area (Å²) in [5, 5.41) is 11.0. The van der Waals surface area contributed by atoms with Crippen LogP contribution >= 0.6 is 0 Å². The highest BCUT2D eigenvalue weighted by Crippen LogP contribution is 2.31. The minimum Gasteiger partial charge on any atom is -0.351 e. The zero-order valence-electron chi connectivity index (χ0n) is 15.1. The molecule has 0 bridgehead atoms. The zero-order valence-corrected chi connectivity index (χ0v) is 15.1. The number of rotatable bonds is 7. The Bertz CT molecular complexity index is 974. The van der Waals surface area contributed by atoms with E-state index >= 15 is 0 Å². The number of carbonyl (C=O) groups excluding carboxylic acids is 1. The lowest BCUT2D eigenvalue weighted by atomic mass is 9.88. The standard InChI is InChI=1S/C21H19N5O2/c27-21(23-11-12-26-15-22-14-24-26)19-13-18(25-28-19)20(16-7-3-1-4-8-16)17-9-5-2-6-10-17/h1-10,13-15,20H,11-12H2,(H,23,27). The topological polar surface area (TPSA) is 85.8 Å². The number of nitrogens with zero attached hydrogens (tertiary/aromatic N) is 4. The molecule has 2 aromatic heterocycles. The second-order valence-electron chi connectivity index (χ2n) is 6.28. The third kappa shape index (κ3) is 3.98. The lowest BCUT2D eigenvalue weighted by Crippen LogP contribution is -2.27. The third-order valence-corrected chi connectivity index (χ3v) is 4.41. The number of benzene rings is 2. The van der Waals surface area contributed by atoms with Crippen molar-refractivity contribution in [2.75, 3.05) is 6.54 Å². The average Bonchev–Trinajstić information content (AvgIpc) is 3.42. The summed E-state index contributed by atoms with van der Waals surface area (Å²) in [6.45, 7) is 0.947. The Kier molecular flexibility index (Phi) is 5.24. The van der Waals surface area contributed by atoms with E-state index in [1.807, 2.05) is 60.7 Å². The maximum absolute atomic E-state index is 12.4. The number of hydrogen-bond acceptors (Lipinski definition) is 5. The van der Waals surface area contributed by atoms with Crippen molar-refractivity contribution in [1.82, 2.24) is 25.2 Å². The summed E-state index contributed by atoms with van der Waals surface area (Å²) in [6, 6.07) is 21.8. The molecule has 28 heavy (non-hydrogen) atoms. The molecule has 7 heteroatoms. The predicted molar refractivity (Wildman–Crippen MR) is 103 cm³/mol. The Balaban J connectivity index is 1.52. The molecular weight excluding hydrogens is 354 g/mol. The molecule has 0 atom stereocenters. The van der Waals surface area contributed by atoms with Gasteiger partial charge in [0.2, 0.25) is 5.76 Å². The first-order valence-electron chi connectivity index (χ1n) is 8.98. The summed E-state index contributed by atoms with van der Waals surface area (Å²) in [7, 11) is 0. The minimum absolute atomic E-state index is 0.108. The molecule has 0 saturated carbocycles. The van der Waals surface area contributed by atoms with E-state index in [2.05, 4.69) is 20.6 Å². The molecule has 1 amide bonds. The van der Waals surface area contributed by atoms with E-state index in [4.69, 9.17) is 4.52 Å². The zero-order chi connectivity index (χ0) is 19.2.